The van der Waals surface area contributed by atoms with Crippen molar-refractivity contribution in [3.05, 3.63) is 23.9 Å². The summed E-state index contributed by atoms with van der Waals surface area (Å²) in [5.74, 6) is 0.430. The Morgan fingerprint density at radius 1 is 0.439 bits per heavy atom. The van der Waals surface area contributed by atoms with Gasteiger partial charge in [-0.25, -0.2) is 0 Å². The zero-order valence-electron chi connectivity index (χ0n) is 29.8. The van der Waals surface area contributed by atoms with Crippen molar-refractivity contribution in [2.24, 2.45) is 10.8 Å². The van der Waals surface area contributed by atoms with Crippen LogP contribution in [0.25, 0.3) is 0 Å². The van der Waals surface area contributed by atoms with Crippen LogP contribution in [0, 0.1) is 10.8 Å². The largest absolute Gasteiger partial charge is 2.00 e. The van der Waals surface area contributed by atoms with Crippen molar-refractivity contribution in [1.29, 1.82) is 0 Å². The molecule has 0 rings (SSSR count). The molecule has 41 heavy (non-hydrogen) atoms. The van der Waals surface area contributed by atoms with Crippen molar-refractivity contribution in [2.45, 2.75) is 67.2 Å². The molecule has 8 nitrogen and oxygen atoms in total. The van der Waals surface area contributed by atoms with Crippen molar-refractivity contribution in [1.82, 2.24) is 29.4 Å². The average Bonchev–Trinajstić information content (AvgIpc) is 2.76. The predicted octanol–water partition coefficient (Wildman–Crippen LogP) is 2.50. The molecule has 0 bridgehead atoms. The van der Waals surface area contributed by atoms with Gasteiger partial charge in [0.05, 0.1) is 0 Å². The summed E-state index contributed by atoms with van der Waals surface area (Å²) in [6.45, 7) is 19.9. The van der Waals surface area contributed by atoms with Crippen LogP contribution in [-0.2, 0) is 0 Å². The van der Waals surface area contributed by atoms with Crippen LogP contribution < -0.4 is 10.2 Å². The number of rotatable bonds is 18. The van der Waals surface area contributed by atoms with E-state index >= 15 is 0 Å². The zero-order chi connectivity index (χ0) is 31.5. The molecule has 0 aromatic rings. The Balaban J connectivity index is -0.000000688. The number of hydrogen-bond donors (Lipinski definition) is 0. The van der Waals surface area contributed by atoms with E-state index in [0.717, 1.165) is 78.0 Å². The standard InChI is InChI=1S/2C16H35N3O.Sr/c2*1-16(2,3)15(20)14-19(12-8-10-17(4)5)13-9-11-18(6)7;/h2*14,20H,8-13H2,1-7H3;/q;;+2/p-2/b2*15-14-;. The summed E-state index contributed by atoms with van der Waals surface area (Å²) in [6.07, 6.45) is 7.99. The predicted molar refractivity (Wildman–Crippen MR) is 177 cm³/mol. The van der Waals surface area contributed by atoms with Gasteiger partial charge in [-0.15, -0.1) is 11.5 Å². The molecule has 9 heteroatoms. The average molecular weight is 657 g/mol. The maximum atomic E-state index is 12.2. The van der Waals surface area contributed by atoms with Crippen LogP contribution in [0.3, 0.4) is 0 Å². The van der Waals surface area contributed by atoms with Crippen LogP contribution in [0.2, 0.25) is 0 Å². The Labute approximate surface area is 293 Å². The molecule has 0 aromatic carbocycles. The Bertz CT molecular complexity index is 597. The molecule has 0 fully saturated rings. The first kappa shape index (κ1) is 45.4. The fraction of sp³-hybridized carbons (Fsp3) is 0.875. The van der Waals surface area contributed by atoms with Crippen LogP contribution in [0.15, 0.2) is 23.9 Å². The van der Waals surface area contributed by atoms with Gasteiger partial charge in [0.2, 0.25) is 0 Å². The second kappa shape index (κ2) is 24.3. The summed E-state index contributed by atoms with van der Waals surface area (Å²) in [5.41, 5.74) is -0.581. The summed E-state index contributed by atoms with van der Waals surface area (Å²) in [5, 5.41) is 24.3. The van der Waals surface area contributed by atoms with E-state index in [1.807, 2.05) is 53.9 Å². The van der Waals surface area contributed by atoms with Gasteiger partial charge in [0.15, 0.2) is 0 Å². The maximum Gasteiger partial charge on any atom is 2.00 e. The topological polar surface area (TPSA) is 65.6 Å². The minimum Gasteiger partial charge on any atom is -0.874 e. The summed E-state index contributed by atoms with van der Waals surface area (Å²) in [4.78, 5) is 13.1. The maximum absolute atomic E-state index is 12.2. The SMILES string of the molecule is CN(C)CCCN(/C=C(\[O-])C(C)(C)C)CCCN(C)C.CN(C)CCCN(/C=C(\[O-])C(C)(C)C)CCCN(C)C.[Sr+2]. The third kappa shape index (κ3) is 29.8. The molecule has 0 amide bonds. The fourth-order valence-corrected chi connectivity index (χ4v) is 3.56. The molecule has 0 aliphatic rings. The number of hydrogen-bond acceptors (Lipinski definition) is 8. The second-order valence-corrected chi connectivity index (χ2v) is 14.2. The minimum absolute atomic E-state index is 0. The second-order valence-electron chi connectivity index (χ2n) is 14.2. The van der Waals surface area contributed by atoms with Crippen molar-refractivity contribution in [3.63, 3.8) is 0 Å². The van der Waals surface area contributed by atoms with E-state index in [1.165, 1.54) is 0 Å². The van der Waals surface area contributed by atoms with Crippen LogP contribution >= 0.6 is 0 Å². The molecule has 0 radical (unpaired) electrons. The molecule has 0 N–H and O–H groups in total. The normalized spacial score (nSPS) is 13.0. The molecule has 240 valence electrons. The van der Waals surface area contributed by atoms with E-state index in [1.54, 1.807) is 0 Å². The molecule has 0 spiro atoms. The van der Waals surface area contributed by atoms with Crippen LogP contribution in [0.4, 0.5) is 0 Å². The molecule has 0 heterocycles. The minimum atomic E-state index is -0.290. The van der Waals surface area contributed by atoms with E-state index in [-0.39, 0.29) is 67.8 Å². The smallest absolute Gasteiger partial charge is 0.874 e. The molecule has 0 aliphatic carbocycles. The molecule has 0 atom stereocenters. The van der Waals surface area contributed by atoms with Gasteiger partial charge in [-0.05, 0) is 131 Å². The Hall–Kier alpha value is 0.000519. The van der Waals surface area contributed by atoms with E-state index < -0.39 is 0 Å². The van der Waals surface area contributed by atoms with Gasteiger partial charge >= 0.3 is 45.5 Å². The van der Waals surface area contributed by atoms with Gasteiger partial charge in [0.25, 0.3) is 0 Å². The molecule has 0 saturated carbocycles. The molecular formula is C32H68N6O2Sr. The van der Waals surface area contributed by atoms with Crippen molar-refractivity contribution < 1.29 is 10.2 Å². The molecule has 0 aromatic heterocycles. The van der Waals surface area contributed by atoms with Crippen molar-refractivity contribution >= 4 is 45.5 Å². The molecule has 0 unspecified atom stereocenters. The molecular weight excluding hydrogens is 588 g/mol. The van der Waals surface area contributed by atoms with Gasteiger partial charge in [-0.2, -0.15) is 0 Å². The first-order valence-corrected chi connectivity index (χ1v) is 15.1. The van der Waals surface area contributed by atoms with Gasteiger partial charge in [0.1, 0.15) is 0 Å². The Morgan fingerprint density at radius 3 is 0.780 bits per heavy atom. The van der Waals surface area contributed by atoms with Gasteiger partial charge in [-0.1, -0.05) is 41.5 Å². The van der Waals surface area contributed by atoms with Gasteiger partial charge < -0.3 is 39.6 Å². The summed E-state index contributed by atoms with van der Waals surface area (Å²) in [6, 6.07) is 0. The molecule has 0 saturated heterocycles. The number of nitrogens with zero attached hydrogens (tertiary/aromatic N) is 6. The van der Waals surface area contributed by atoms with E-state index in [9.17, 15) is 10.2 Å². The first-order chi connectivity index (χ1) is 18.2. The van der Waals surface area contributed by atoms with Crippen LogP contribution in [0.1, 0.15) is 67.2 Å². The van der Waals surface area contributed by atoms with E-state index in [0.29, 0.717) is 0 Å². The summed E-state index contributed by atoms with van der Waals surface area (Å²) < 4.78 is 0. The number of allylic oxidation sites excluding steroid dienone is 2. The van der Waals surface area contributed by atoms with Gasteiger partial charge in [0, 0.05) is 26.2 Å². The third-order valence-electron chi connectivity index (χ3n) is 6.28. The van der Waals surface area contributed by atoms with E-state index in [4.69, 9.17) is 0 Å². The first-order valence-electron chi connectivity index (χ1n) is 15.1. The van der Waals surface area contributed by atoms with Crippen molar-refractivity contribution in [2.75, 3.05) is 109 Å². The quantitative estimate of drug-likeness (QED) is 0.165. The van der Waals surface area contributed by atoms with Crippen LogP contribution in [-0.4, -0.2) is 184 Å². The monoisotopic (exact) mass is 656 g/mol. The molecule has 0 aliphatic heterocycles. The Kier molecular flexibility index (Phi) is 27.0. The summed E-state index contributed by atoms with van der Waals surface area (Å²) >= 11 is 0. The van der Waals surface area contributed by atoms with Gasteiger partial charge in [-0.3, -0.25) is 0 Å². The Morgan fingerprint density at radius 2 is 0.634 bits per heavy atom. The third-order valence-corrected chi connectivity index (χ3v) is 6.28. The van der Waals surface area contributed by atoms with Crippen molar-refractivity contribution in [3.8, 4) is 0 Å². The zero-order valence-corrected chi connectivity index (χ0v) is 33.3. The summed E-state index contributed by atoms with van der Waals surface area (Å²) in [7, 11) is 16.7. The van der Waals surface area contributed by atoms with Crippen LogP contribution in [0.5, 0.6) is 0 Å². The fourth-order valence-electron chi connectivity index (χ4n) is 3.56. The van der Waals surface area contributed by atoms with E-state index in [2.05, 4.69) is 85.8 Å².